The van der Waals surface area contributed by atoms with Gasteiger partial charge in [0, 0.05) is 26.2 Å². The number of halogens is 1. The van der Waals surface area contributed by atoms with Crippen molar-refractivity contribution in [2.24, 2.45) is 0 Å². The van der Waals surface area contributed by atoms with Crippen LogP contribution < -0.4 is 4.90 Å². The molecule has 1 aliphatic rings. The van der Waals surface area contributed by atoms with Gasteiger partial charge in [0.2, 0.25) is 5.91 Å². The van der Waals surface area contributed by atoms with Crippen LogP contribution in [0.25, 0.3) is 10.2 Å². The lowest BCUT2D eigenvalue weighted by atomic mass is 10.0. The third-order valence-corrected chi connectivity index (χ3v) is 6.27. The van der Waals surface area contributed by atoms with Gasteiger partial charge in [0.25, 0.3) is 0 Å². The largest absolute Gasteiger partial charge is 0.345 e. The quantitative estimate of drug-likeness (QED) is 0.687. The highest BCUT2D eigenvalue weighted by atomic mass is 32.1. The van der Waals surface area contributed by atoms with Gasteiger partial charge >= 0.3 is 0 Å². The van der Waals surface area contributed by atoms with Crippen LogP contribution in [0.3, 0.4) is 0 Å². The number of rotatable bonds is 3. The van der Waals surface area contributed by atoms with Crippen molar-refractivity contribution in [3.8, 4) is 0 Å². The molecule has 0 aliphatic carbocycles. The number of carbonyl (C=O) groups excluding carboxylic acids is 1. The van der Waals surface area contributed by atoms with E-state index in [0.717, 1.165) is 28.5 Å². The minimum absolute atomic E-state index is 0.160. The molecule has 0 N–H and O–H groups in total. The number of nitrogens with zero attached hydrogens (tertiary/aromatic N) is 3. The molecule has 27 heavy (non-hydrogen) atoms. The number of benzene rings is 2. The number of hydrogen-bond acceptors (Lipinski definition) is 4. The summed E-state index contributed by atoms with van der Waals surface area (Å²) in [6.45, 7) is 6.93. The van der Waals surface area contributed by atoms with E-state index < -0.39 is 0 Å². The normalized spacial score (nSPS) is 14.8. The van der Waals surface area contributed by atoms with Gasteiger partial charge in [-0.05, 0) is 42.7 Å². The maximum atomic E-state index is 13.9. The van der Waals surface area contributed by atoms with Gasteiger partial charge in [-0.1, -0.05) is 35.6 Å². The first-order valence-electron chi connectivity index (χ1n) is 9.15. The third kappa shape index (κ3) is 3.67. The minimum Gasteiger partial charge on any atom is -0.345 e. The van der Waals surface area contributed by atoms with Gasteiger partial charge in [-0.25, -0.2) is 9.37 Å². The molecular formula is C21H22FN3OS. The molecule has 6 heteroatoms. The number of aromatic nitrogens is 1. The number of thiazole rings is 1. The molecule has 4 rings (SSSR count). The van der Waals surface area contributed by atoms with Crippen molar-refractivity contribution in [2.75, 3.05) is 31.1 Å². The van der Waals surface area contributed by atoms with Crippen LogP contribution in [0.1, 0.15) is 16.7 Å². The molecule has 1 aromatic heterocycles. The Balaban J connectivity index is 1.39. The Hall–Kier alpha value is -2.47. The van der Waals surface area contributed by atoms with Crippen LogP contribution in [0.2, 0.25) is 0 Å². The van der Waals surface area contributed by atoms with Gasteiger partial charge in [0.15, 0.2) is 5.13 Å². The van der Waals surface area contributed by atoms with E-state index in [9.17, 15) is 9.18 Å². The molecule has 1 fully saturated rings. The molecule has 0 unspecified atom stereocenters. The van der Waals surface area contributed by atoms with E-state index in [1.54, 1.807) is 6.07 Å². The summed E-state index contributed by atoms with van der Waals surface area (Å²) < 4.78 is 14.7. The van der Waals surface area contributed by atoms with E-state index >= 15 is 0 Å². The highest BCUT2D eigenvalue weighted by molar-refractivity contribution is 7.22. The van der Waals surface area contributed by atoms with Crippen molar-refractivity contribution in [3.63, 3.8) is 0 Å². The fraction of sp³-hybridized carbons (Fsp3) is 0.333. The lowest BCUT2D eigenvalue weighted by Crippen LogP contribution is -2.49. The fourth-order valence-electron chi connectivity index (χ4n) is 3.39. The van der Waals surface area contributed by atoms with Gasteiger partial charge < -0.3 is 9.80 Å². The molecule has 0 bridgehead atoms. The Morgan fingerprint density at radius 3 is 2.59 bits per heavy atom. The van der Waals surface area contributed by atoms with E-state index in [4.69, 9.17) is 0 Å². The maximum Gasteiger partial charge on any atom is 0.227 e. The molecule has 1 amide bonds. The third-order valence-electron chi connectivity index (χ3n) is 5.19. The second-order valence-electron chi connectivity index (χ2n) is 7.05. The average Bonchev–Trinajstić information content (AvgIpc) is 3.11. The van der Waals surface area contributed by atoms with E-state index in [0.29, 0.717) is 25.0 Å². The summed E-state index contributed by atoms with van der Waals surface area (Å²) in [5.74, 6) is -0.120. The first kappa shape index (κ1) is 17.9. The zero-order chi connectivity index (χ0) is 19.0. The number of aryl methyl sites for hydroxylation is 2. The van der Waals surface area contributed by atoms with Crippen molar-refractivity contribution in [1.82, 2.24) is 9.88 Å². The number of para-hydroxylation sites is 1. The van der Waals surface area contributed by atoms with Crippen molar-refractivity contribution in [3.05, 3.63) is 58.9 Å². The zero-order valence-electron chi connectivity index (χ0n) is 15.5. The Kier molecular flexibility index (Phi) is 4.83. The molecule has 0 radical (unpaired) electrons. The molecule has 3 aromatic rings. The van der Waals surface area contributed by atoms with Crippen LogP contribution >= 0.6 is 11.3 Å². The number of carbonyl (C=O) groups is 1. The van der Waals surface area contributed by atoms with E-state index in [-0.39, 0.29) is 11.7 Å². The molecule has 2 aromatic carbocycles. The first-order chi connectivity index (χ1) is 13.0. The summed E-state index contributed by atoms with van der Waals surface area (Å²) in [6.07, 6.45) is 0.438. The first-order valence-corrected chi connectivity index (χ1v) is 9.97. The molecule has 0 atom stereocenters. The average molecular weight is 383 g/mol. The topological polar surface area (TPSA) is 36.4 Å². The number of fused-ring (bicyclic) bond motifs is 1. The van der Waals surface area contributed by atoms with Gasteiger partial charge in [-0.3, -0.25) is 4.79 Å². The predicted molar refractivity (Wildman–Crippen MR) is 108 cm³/mol. The molecule has 4 nitrogen and oxygen atoms in total. The summed E-state index contributed by atoms with van der Waals surface area (Å²) in [6, 6.07) is 11.2. The summed E-state index contributed by atoms with van der Waals surface area (Å²) in [5.41, 5.74) is 3.96. The highest BCUT2D eigenvalue weighted by Gasteiger charge is 2.23. The number of piperazine rings is 1. The second-order valence-corrected chi connectivity index (χ2v) is 8.06. The van der Waals surface area contributed by atoms with Crippen LogP contribution in [-0.2, 0) is 11.2 Å². The summed E-state index contributed by atoms with van der Waals surface area (Å²) in [4.78, 5) is 21.2. The molecule has 0 saturated carbocycles. The number of amides is 1. The SMILES string of the molecule is Cc1ccc(CC(=O)N2CCN(c3nc4c(F)cccc4s3)CC2)cc1C. The molecular weight excluding hydrogens is 361 g/mol. The molecule has 2 heterocycles. The van der Waals surface area contributed by atoms with Crippen molar-refractivity contribution < 1.29 is 9.18 Å². The van der Waals surface area contributed by atoms with Crippen LogP contribution in [0.5, 0.6) is 0 Å². The van der Waals surface area contributed by atoms with Crippen LogP contribution in [0.15, 0.2) is 36.4 Å². The van der Waals surface area contributed by atoms with E-state index in [2.05, 4.69) is 35.9 Å². The molecule has 1 saturated heterocycles. The smallest absolute Gasteiger partial charge is 0.227 e. The van der Waals surface area contributed by atoms with Crippen LogP contribution in [0.4, 0.5) is 9.52 Å². The predicted octanol–water partition coefficient (Wildman–Crippen LogP) is 3.94. The molecule has 140 valence electrons. The monoisotopic (exact) mass is 383 g/mol. The van der Waals surface area contributed by atoms with Gasteiger partial charge in [0.05, 0.1) is 11.1 Å². The zero-order valence-corrected chi connectivity index (χ0v) is 16.4. The standard InChI is InChI=1S/C21H22FN3OS/c1-14-6-7-16(12-15(14)2)13-19(26)24-8-10-25(11-9-24)21-23-20-17(22)4-3-5-18(20)27-21/h3-7,12H,8-11,13H2,1-2H3. The second kappa shape index (κ2) is 7.27. The van der Waals surface area contributed by atoms with Crippen molar-refractivity contribution >= 4 is 32.6 Å². The lowest BCUT2D eigenvalue weighted by molar-refractivity contribution is -0.130. The summed E-state index contributed by atoms with van der Waals surface area (Å²) in [7, 11) is 0. The van der Waals surface area contributed by atoms with E-state index in [1.165, 1.54) is 28.5 Å². The van der Waals surface area contributed by atoms with Gasteiger partial charge in [-0.2, -0.15) is 0 Å². The fourth-order valence-corrected chi connectivity index (χ4v) is 4.42. The maximum absolute atomic E-state index is 13.9. The number of anilines is 1. The van der Waals surface area contributed by atoms with Gasteiger partial charge in [0.1, 0.15) is 11.3 Å². The van der Waals surface area contributed by atoms with Crippen molar-refractivity contribution in [2.45, 2.75) is 20.3 Å². The Morgan fingerprint density at radius 1 is 1.11 bits per heavy atom. The molecule has 0 spiro atoms. The Labute approximate surface area is 162 Å². The van der Waals surface area contributed by atoms with Crippen LogP contribution in [0, 0.1) is 19.7 Å². The van der Waals surface area contributed by atoms with Gasteiger partial charge in [-0.15, -0.1) is 0 Å². The van der Waals surface area contributed by atoms with Crippen molar-refractivity contribution in [1.29, 1.82) is 0 Å². The minimum atomic E-state index is -0.280. The lowest BCUT2D eigenvalue weighted by Gasteiger charge is -2.34. The summed E-state index contributed by atoms with van der Waals surface area (Å²) >= 11 is 1.50. The van der Waals surface area contributed by atoms with E-state index in [1.807, 2.05) is 17.0 Å². The summed E-state index contributed by atoms with van der Waals surface area (Å²) in [5, 5.41) is 0.830. The van der Waals surface area contributed by atoms with Crippen LogP contribution in [-0.4, -0.2) is 42.0 Å². The Morgan fingerprint density at radius 2 is 1.89 bits per heavy atom. The number of hydrogen-bond donors (Lipinski definition) is 0. The Bertz CT molecular complexity index is 992. The molecule has 1 aliphatic heterocycles. The highest BCUT2D eigenvalue weighted by Crippen LogP contribution is 2.30.